The van der Waals surface area contributed by atoms with E-state index in [1.807, 2.05) is 13.0 Å². The van der Waals surface area contributed by atoms with Crippen LogP contribution in [0.5, 0.6) is 0 Å². The minimum atomic E-state index is -4.06. The van der Waals surface area contributed by atoms with E-state index in [2.05, 4.69) is 0 Å². The van der Waals surface area contributed by atoms with Crippen molar-refractivity contribution in [2.45, 2.75) is 37.7 Å². The number of piperidine rings is 1. The van der Waals surface area contributed by atoms with Crippen molar-refractivity contribution >= 4 is 27.0 Å². The Morgan fingerprint density at radius 1 is 1.09 bits per heavy atom. The van der Waals surface area contributed by atoms with E-state index in [9.17, 15) is 22.4 Å². The highest BCUT2D eigenvalue weighted by Crippen LogP contribution is 2.25. The van der Waals surface area contributed by atoms with Gasteiger partial charge in [0.15, 0.2) is 0 Å². The Morgan fingerprint density at radius 2 is 1.84 bits per heavy atom. The second-order valence-electron chi connectivity index (χ2n) is 7.78. The maximum Gasteiger partial charge on any atom is 0.338 e. The summed E-state index contributed by atoms with van der Waals surface area (Å²) in [5, 5.41) is 0.621. The molecule has 1 fully saturated rings. The van der Waals surface area contributed by atoms with Crippen molar-refractivity contribution in [3.63, 3.8) is 0 Å². The molecular weight excluding hydrogens is 437 g/mol. The van der Waals surface area contributed by atoms with Crippen LogP contribution in [-0.4, -0.2) is 31.8 Å². The van der Waals surface area contributed by atoms with Crippen LogP contribution in [0.4, 0.5) is 4.39 Å². The second kappa shape index (κ2) is 8.84. The van der Waals surface area contributed by atoms with Gasteiger partial charge in [0.25, 0.3) is 0 Å². The third-order valence-corrected chi connectivity index (χ3v) is 7.36. The Labute approximate surface area is 184 Å². The fraction of sp³-hybridized carbons (Fsp3) is 0.304. The van der Waals surface area contributed by atoms with E-state index in [0.717, 1.165) is 24.1 Å². The summed E-state index contributed by atoms with van der Waals surface area (Å²) < 4.78 is 51.8. The zero-order chi connectivity index (χ0) is 22.9. The maximum atomic E-state index is 14.4. The Kier molecular flexibility index (Phi) is 6.12. The number of fused-ring (bicyclic) bond motifs is 1. The van der Waals surface area contributed by atoms with E-state index in [-0.39, 0.29) is 12.2 Å². The Balaban J connectivity index is 1.58. The van der Waals surface area contributed by atoms with E-state index in [1.54, 1.807) is 12.1 Å². The summed E-state index contributed by atoms with van der Waals surface area (Å²) in [6, 6.07) is 9.67. The minimum absolute atomic E-state index is 0.0925. The molecule has 1 aliphatic heterocycles. The Bertz CT molecular complexity index is 1340. The third-order valence-electron chi connectivity index (χ3n) is 5.44. The van der Waals surface area contributed by atoms with E-state index in [1.165, 1.54) is 16.4 Å². The summed E-state index contributed by atoms with van der Waals surface area (Å²) in [4.78, 5) is 23.9. The van der Waals surface area contributed by atoms with Crippen molar-refractivity contribution in [2.24, 2.45) is 0 Å². The van der Waals surface area contributed by atoms with E-state index < -0.39 is 32.3 Å². The van der Waals surface area contributed by atoms with Crippen molar-refractivity contribution in [1.29, 1.82) is 0 Å². The average molecular weight is 459 g/mol. The number of ether oxygens (including phenoxy) is 1. The monoisotopic (exact) mass is 459 g/mol. The summed E-state index contributed by atoms with van der Waals surface area (Å²) in [5.41, 5.74) is 1.06. The molecule has 1 aliphatic rings. The number of benzene rings is 2. The lowest BCUT2D eigenvalue weighted by Gasteiger charge is -2.26. The molecule has 168 valence electrons. The predicted molar refractivity (Wildman–Crippen MR) is 115 cm³/mol. The molecule has 0 aliphatic carbocycles. The van der Waals surface area contributed by atoms with Crippen molar-refractivity contribution in [2.75, 3.05) is 13.1 Å². The first-order valence-corrected chi connectivity index (χ1v) is 11.7. The van der Waals surface area contributed by atoms with Gasteiger partial charge in [0.1, 0.15) is 22.9 Å². The summed E-state index contributed by atoms with van der Waals surface area (Å²) >= 11 is 0. The van der Waals surface area contributed by atoms with E-state index in [0.29, 0.717) is 42.5 Å². The standard InChI is InChI=1S/C23H22FNO6S/c1-15-5-7-18-17(13-22(26)31-20(18)11-15)14-30-23(27)16-6-8-19(24)21(12-16)32(28,29)25-9-3-2-4-10-25/h5-8,11-13H,2-4,9-10,14H2,1H3. The number of carbonyl (C=O) groups excluding carboxylic acids is 1. The molecule has 4 rings (SSSR count). The van der Waals surface area contributed by atoms with Gasteiger partial charge in [0, 0.05) is 30.1 Å². The molecular formula is C23H22FNO6S. The van der Waals surface area contributed by atoms with Crippen molar-refractivity contribution in [3.05, 3.63) is 75.4 Å². The summed E-state index contributed by atoms with van der Waals surface area (Å²) in [5.74, 6) is -1.75. The normalized spacial score (nSPS) is 15.1. The summed E-state index contributed by atoms with van der Waals surface area (Å²) in [6.07, 6.45) is 2.34. The molecule has 0 amide bonds. The topological polar surface area (TPSA) is 93.9 Å². The second-order valence-corrected chi connectivity index (χ2v) is 9.68. The highest BCUT2D eigenvalue weighted by Gasteiger charge is 2.29. The van der Waals surface area contributed by atoms with Crippen LogP contribution in [0, 0.1) is 12.7 Å². The SMILES string of the molecule is Cc1ccc2c(COC(=O)c3ccc(F)c(S(=O)(=O)N4CCCCC4)c3)cc(=O)oc2c1. The number of carbonyl (C=O) groups is 1. The lowest BCUT2D eigenvalue weighted by molar-refractivity contribution is 0.0473. The van der Waals surface area contributed by atoms with Crippen LogP contribution < -0.4 is 5.63 Å². The van der Waals surface area contributed by atoms with Crippen LogP contribution in [0.2, 0.25) is 0 Å². The molecule has 9 heteroatoms. The zero-order valence-electron chi connectivity index (χ0n) is 17.5. The highest BCUT2D eigenvalue weighted by atomic mass is 32.2. The minimum Gasteiger partial charge on any atom is -0.457 e. The van der Waals surface area contributed by atoms with Crippen LogP contribution in [0.3, 0.4) is 0 Å². The van der Waals surface area contributed by atoms with Gasteiger partial charge in [-0.3, -0.25) is 0 Å². The van der Waals surface area contributed by atoms with E-state index in [4.69, 9.17) is 9.15 Å². The lowest BCUT2D eigenvalue weighted by atomic mass is 10.1. The van der Waals surface area contributed by atoms with Crippen molar-refractivity contribution in [1.82, 2.24) is 4.31 Å². The molecule has 1 saturated heterocycles. The zero-order valence-corrected chi connectivity index (χ0v) is 18.3. The molecule has 7 nitrogen and oxygen atoms in total. The van der Waals surface area contributed by atoms with Gasteiger partial charge in [0.2, 0.25) is 10.0 Å². The lowest BCUT2D eigenvalue weighted by Crippen LogP contribution is -2.36. The quantitative estimate of drug-likeness (QED) is 0.426. The molecule has 3 aromatic rings. The van der Waals surface area contributed by atoms with Gasteiger partial charge in [-0.15, -0.1) is 0 Å². The van der Waals surface area contributed by atoms with Crippen LogP contribution in [0.25, 0.3) is 11.0 Å². The third kappa shape index (κ3) is 4.44. The Hall–Kier alpha value is -3.04. The molecule has 0 bridgehead atoms. The number of esters is 1. The average Bonchev–Trinajstić information content (AvgIpc) is 2.77. The molecule has 0 N–H and O–H groups in total. The number of sulfonamides is 1. The summed E-state index contributed by atoms with van der Waals surface area (Å²) in [7, 11) is -4.06. The molecule has 2 heterocycles. The van der Waals surface area contributed by atoms with Crippen LogP contribution in [-0.2, 0) is 21.4 Å². The Morgan fingerprint density at radius 3 is 2.59 bits per heavy atom. The largest absolute Gasteiger partial charge is 0.457 e. The molecule has 32 heavy (non-hydrogen) atoms. The number of halogens is 1. The fourth-order valence-electron chi connectivity index (χ4n) is 3.76. The number of hydrogen-bond acceptors (Lipinski definition) is 6. The molecule has 1 aromatic heterocycles. The first-order valence-electron chi connectivity index (χ1n) is 10.3. The summed E-state index contributed by atoms with van der Waals surface area (Å²) in [6.45, 7) is 2.27. The molecule has 2 aromatic carbocycles. The van der Waals surface area contributed by atoms with Gasteiger partial charge in [-0.1, -0.05) is 18.6 Å². The molecule has 0 radical (unpaired) electrons. The van der Waals surface area contributed by atoms with Gasteiger partial charge in [0.05, 0.1) is 5.56 Å². The van der Waals surface area contributed by atoms with E-state index >= 15 is 0 Å². The molecule has 0 atom stereocenters. The fourth-order valence-corrected chi connectivity index (χ4v) is 5.36. The molecule has 0 unspecified atom stereocenters. The molecule has 0 saturated carbocycles. The first-order chi connectivity index (χ1) is 15.3. The number of nitrogens with zero attached hydrogens (tertiary/aromatic N) is 1. The number of rotatable bonds is 5. The van der Waals surface area contributed by atoms with Gasteiger partial charge in [-0.25, -0.2) is 22.4 Å². The van der Waals surface area contributed by atoms with Crippen LogP contribution in [0.15, 0.2) is 56.6 Å². The van der Waals surface area contributed by atoms with Crippen LogP contribution in [0.1, 0.15) is 40.7 Å². The van der Waals surface area contributed by atoms with Crippen LogP contribution >= 0.6 is 0 Å². The smallest absolute Gasteiger partial charge is 0.338 e. The number of aryl methyl sites for hydroxylation is 1. The van der Waals surface area contributed by atoms with Gasteiger partial charge in [-0.2, -0.15) is 4.31 Å². The number of hydrogen-bond donors (Lipinski definition) is 0. The molecule has 0 spiro atoms. The van der Waals surface area contributed by atoms with Gasteiger partial charge >= 0.3 is 11.6 Å². The predicted octanol–water partition coefficient (Wildman–Crippen LogP) is 3.77. The first kappa shape index (κ1) is 22.2. The highest BCUT2D eigenvalue weighted by molar-refractivity contribution is 7.89. The maximum absolute atomic E-state index is 14.4. The van der Waals surface area contributed by atoms with Gasteiger partial charge in [-0.05, 0) is 49.6 Å². The van der Waals surface area contributed by atoms with Crippen molar-refractivity contribution in [3.8, 4) is 0 Å². The van der Waals surface area contributed by atoms with Gasteiger partial charge < -0.3 is 9.15 Å². The van der Waals surface area contributed by atoms with Crippen molar-refractivity contribution < 1.29 is 26.8 Å².